The molecule has 2 aliphatic carbocycles. The van der Waals surface area contributed by atoms with E-state index in [0.29, 0.717) is 11.8 Å². The van der Waals surface area contributed by atoms with E-state index in [1.54, 1.807) is 18.6 Å². The fourth-order valence-corrected chi connectivity index (χ4v) is 5.90. The summed E-state index contributed by atoms with van der Waals surface area (Å²) in [6.07, 6.45) is 8.60. The topological polar surface area (TPSA) is 38.7 Å². The molecule has 0 spiro atoms. The third-order valence-corrected chi connectivity index (χ3v) is 7.47. The van der Waals surface area contributed by atoms with Crippen molar-refractivity contribution in [3.05, 3.63) is 29.8 Å². The highest BCUT2D eigenvalue weighted by Gasteiger charge is 2.39. The van der Waals surface area contributed by atoms with E-state index in [1.165, 1.54) is 64.0 Å². The van der Waals surface area contributed by atoms with Crippen molar-refractivity contribution in [2.75, 3.05) is 46.3 Å². The Kier molecular flexibility index (Phi) is 6.36. The first kappa shape index (κ1) is 19.2. The van der Waals surface area contributed by atoms with Crippen LogP contribution in [-0.2, 0) is 6.42 Å². The SMILES string of the molecule is CNC[C@H](Cc1ccc(O)cc1)N1CCN(CCC2CC3CCC2C3)CC1. The van der Waals surface area contributed by atoms with Gasteiger partial charge in [0.05, 0.1) is 0 Å². The Labute approximate surface area is 164 Å². The average molecular weight is 372 g/mol. The maximum atomic E-state index is 9.51. The Bertz CT molecular complexity index is 582. The van der Waals surface area contributed by atoms with Gasteiger partial charge in [-0.15, -0.1) is 0 Å². The summed E-state index contributed by atoms with van der Waals surface area (Å²) in [7, 11) is 2.05. The molecule has 2 bridgehead atoms. The fraction of sp³-hybridized carbons (Fsp3) is 0.739. The Hall–Kier alpha value is -1.10. The van der Waals surface area contributed by atoms with Gasteiger partial charge >= 0.3 is 0 Å². The van der Waals surface area contributed by atoms with Crippen LogP contribution < -0.4 is 5.32 Å². The van der Waals surface area contributed by atoms with Gasteiger partial charge in [-0.2, -0.15) is 0 Å². The molecular weight excluding hydrogens is 334 g/mol. The smallest absolute Gasteiger partial charge is 0.115 e. The highest BCUT2D eigenvalue weighted by Crippen LogP contribution is 2.49. The van der Waals surface area contributed by atoms with Crippen molar-refractivity contribution in [1.29, 1.82) is 0 Å². The summed E-state index contributed by atoms with van der Waals surface area (Å²) < 4.78 is 0. The number of benzene rings is 1. The average Bonchev–Trinajstić information content (AvgIpc) is 3.31. The summed E-state index contributed by atoms with van der Waals surface area (Å²) in [5.74, 6) is 3.54. The van der Waals surface area contributed by atoms with Gasteiger partial charge in [0.2, 0.25) is 0 Å². The molecule has 3 unspecified atom stereocenters. The number of piperazine rings is 1. The lowest BCUT2D eigenvalue weighted by molar-refractivity contribution is 0.0895. The van der Waals surface area contributed by atoms with Crippen LogP contribution in [0.1, 0.15) is 37.7 Å². The summed E-state index contributed by atoms with van der Waals surface area (Å²) in [5.41, 5.74) is 1.31. The lowest BCUT2D eigenvalue weighted by Crippen LogP contribution is -2.53. The molecule has 2 saturated carbocycles. The van der Waals surface area contributed by atoms with E-state index >= 15 is 0 Å². The summed E-state index contributed by atoms with van der Waals surface area (Å²) in [4.78, 5) is 5.37. The first-order valence-corrected chi connectivity index (χ1v) is 11.1. The molecule has 1 aromatic carbocycles. The van der Waals surface area contributed by atoms with Crippen LogP contribution >= 0.6 is 0 Å². The van der Waals surface area contributed by atoms with Crippen molar-refractivity contribution in [2.45, 2.75) is 44.6 Å². The molecule has 1 heterocycles. The Balaban J connectivity index is 1.23. The molecular formula is C23H37N3O. The maximum absolute atomic E-state index is 9.51. The summed E-state index contributed by atoms with van der Waals surface area (Å²) >= 11 is 0. The minimum Gasteiger partial charge on any atom is -0.508 e. The predicted molar refractivity (Wildman–Crippen MR) is 111 cm³/mol. The van der Waals surface area contributed by atoms with Crippen molar-refractivity contribution >= 4 is 0 Å². The molecule has 1 saturated heterocycles. The number of hydrogen-bond acceptors (Lipinski definition) is 4. The maximum Gasteiger partial charge on any atom is 0.115 e. The number of nitrogens with zero attached hydrogens (tertiary/aromatic N) is 2. The Morgan fingerprint density at radius 1 is 1.07 bits per heavy atom. The molecule has 1 aromatic rings. The highest BCUT2D eigenvalue weighted by atomic mass is 16.3. The molecule has 4 nitrogen and oxygen atoms in total. The summed E-state index contributed by atoms with van der Waals surface area (Å²) in [6, 6.07) is 8.26. The number of phenols is 1. The van der Waals surface area contributed by atoms with Gasteiger partial charge in [-0.25, -0.2) is 0 Å². The van der Waals surface area contributed by atoms with Gasteiger partial charge in [-0.3, -0.25) is 4.90 Å². The zero-order valence-electron chi connectivity index (χ0n) is 16.9. The molecule has 0 radical (unpaired) electrons. The van der Waals surface area contributed by atoms with E-state index in [1.807, 2.05) is 0 Å². The van der Waals surface area contributed by atoms with Gasteiger partial charge in [0.15, 0.2) is 0 Å². The van der Waals surface area contributed by atoms with Crippen molar-refractivity contribution in [2.24, 2.45) is 17.8 Å². The predicted octanol–water partition coefficient (Wildman–Crippen LogP) is 2.97. The largest absolute Gasteiger partial charge is 0.508 e. The zero-order valence-corrected chi connectivity index (χ0v) is 16.9. The fourth-order valence-electron chi connectivity index (χ4n) is 5.90. The first-order chi connectivity index (χ1) is 13.2. The van der Waals surface area contributed by atoms with Crippen molar-refractivity contribution in [3.8, 4) is 5.75 Å². The van der Waals surface area contributed by atoms with Gasteiger partial charge < -0.3 is 15.3 Å². The van der Waals surface area contributed by atoms with Crippen LogP contribution in [0.15, 0.2) is 24.3 Å². The van der Waals surface area contributed by atoms with Gasteiger partial charge in [0.25, 0.3) is 0 Å². The van der Waals surface area contributed by atoms with Crippen molar-refractivity contribution in [1.82, 2.24) is 15.1 Å². The van der Waals surface area contributed by atoms with Crippen LogP contribution in [0.25, 0.3) is 0 Å². The lowest BCUT2D eigenvalue weighted by Gasteiger charge is -2.40. The third-order valence-electron chi connectivity index (χ3n) is 7.47. The Morgan fingerprint density at radius 3 is 2.48 bits per heavy atom. The highest BCUT2D eigenvalue weighted by molar-refractivity contribution is 5.26. The van der Waals surface area contributed by atoms with E-state index in [2.05, 4.69) is 34.3 Å². The second-order valence-corrected chi connectivity index (χ2v) is 9.18. The van der Waals surface area contributed by atoms with Crippen LogP contribution in [0.5, 0.6) is 5.75 Å². The summed E-state index contributed by atoms with van der Waals surface area (Å²) in [6.45, 7) is 7.14. The minimum atomic E-state index is 0.355. The summed E-state index contributed by atoms with van der Waals surface area (Å²) in [5, 5.41) is 12.9. The lowest BCUT2D eigenvalue weighted by atomic mass is 9.86. The zero-order chi connectivity index (χ0) is 18.6. The van der Waals surface area contributed by atoms with E-state index < -0.39 is 0 Å². The molecule has 0 amide bonds. The van der Waals surface area contributed by atoms with Gasteiger partial charge in [0.1, 0.15) is 5.75 Å². The second kappa shape index (κ2) is 8.93. The van der Waals surface area contributed by atoms with Crippen LogP contribution in [0, 0.1) is 17.8 Å². The first-order valence-electron chi connectivity index (χ1n) is 11.1. The molecule has 27 heavy (non-hydrogen) atoms. The van der Waals surface area contributed by atoms with Crippen LogP contribution in [0.4, 0.5) is 0 Å². The standard InChI is InChI=1S/C23H37N3O/c1-24-17-22(16-18-3-6-23(27)7-4-18)26-12-10-25(11-13-26)9-8-21-15-19-2-5-20(21)14-19/h3-4,6-7,19-22,24,27H,2,5,8-17H2,1H3/t19?,20?,21?,22-/m0/s1. The normalized spacial score (nSPS) is 30.0. The third kappa shape index (κ3) is 4.85. The van der Waals surface area contributed by atoms with Crippen molar-refractivity contribution < 1.29 is 5.11 Å². The van der Waals surface area contributed by atoms with Gasteiger partial charge in [0, 0.05) is 38.8 Å². The Morgan fingerprint density at radius 2 is 1.85 bits per heavy atom. The van der Waals surface area contributed by atoms with E-state index in [0.717, 1.165) is 30.7 Å². The molecule has 3 aliphatic rings. The van der Waals surface area contributed by atoms with E-state index in [4.69, 9.17) is 0 Å². The number of rotatable bonds is 8. The van der Waals surface area contributed by atoms with Crippen molar-refractivity contribution in [3.63, 3.8) is 0 Å². The number of aromatic hydroxyl groups is 1. The molecule has 4 atom stereocenters. The van der Waals surface area contributed by atoms with Gasteiger partial charge in [-0.1, -0.05) is 18.6 Å². The molecule has 4 heteroatoms. The number of hydrogen-bond donors (Lipinski definition) is 2. The minimum absolute atomic E-state index is 0.355. The second-order valence-electron chi connectivity index (χ2n) is 9.18. The molecule has 150 valence electrons. The molecule has 0 aromatic heterocycles. The molecule has 1 aliphatic heterocycles. The van der Waals surface area contributed by atoms with Crippen LogP contribution in [0.2, 0.25) is 0 Å². The van der Waals surface area contributed by atoms with Gasteiger partial charge in [-0.05, 0) is 81.1 Å². The van der Waals surface area contributed by atoms with E-state index in [-0.39, 0.29) is 0 Å². The number of likely N-dealkylation sites (N-methyl/N-ethyl adjacent to an activating group) is 1. The molecule has 3 fully saturated rings. The number of phenolic OH excluding ortho intramolecular Hbond substituents is 1. The van der Waals surface area contributed by atoms with Crippen LogP contribution in [-0.4, -0.2) is 67.3 Å². The monoisotopic (exact) mass is 371 g/mol. The number of nitrogens with one attached hydrogen (secondary N) is 1. The molecule has 4 rings (SSSR count). The van der Waals surface area contributed by atoms with Crippen LogP contribution in [0.3, 0.4) is 0 Å². The quantitative estimate of drug-likeness (QED) is 0.737. The number of fused-ring (bicyclic) bond motifs is 2. The van der Waals surface area contributed by atoms with E-state index in [9.17, 15) is 5.11 Å². The molecule has 2 N–H and O–H groups in total.